The van der Waals surface area contributed by atoms with Crippen LogP contribution in [0.1, 0.15) is 51.0 Å². The Balaban J connectivity index is 1.90. The molecular formula is C18H27BrN2. The van der Waals surface area contributed by atoms with Crippen LogP contribution in [-0.2, 0) is 6.42 Å². The second-order valence-electron chi connectivity index (χ2n) is 6.90. The van der Waals surface area contributed by atoms with Crippen molar-refractivity contribution in [3.8, 4) is 0 Å². The van der Waals surface area contributed by atoms with Crippen molar-refractivity contribution in [2.24, 2.45) is 11.7 Å². The molecule has 1 saturated carbocycles. The molecule has 2 fully saturated rings. The summed E-state index contributed by atoms with van der Waals surface area (Å²) in [6.07, 6.45) is 9.37. The van der Waals surface area contributed by atoms with E-state index in [0.717, 1.165) is 18.4 Å². The first-order chi connectivity index (χ1) is 10.1. The largest absolute Gasteiger partial charge is 0.368 e. The molecule has 0 amide bonds. The lowest BCUT2D eigenvalue weighted by atomic mass is 9.78. The molecule has 1 heterocycles. The highest BCUT2D eigenvalue weighted by molar-refractivity contribution is 9.10. The molecule has 116 valence electrons. The lowest BCUT2D eigenvalue weighted by Crippen LogP contribution is -2.47. The minimum atomic E-state index is 0.213. The predicted molar refractivity (Wildman–Crippen MR) is 93.8 cm³/mol. The third-order valence-corrected chi connectivity index (χ3v) is 5.63. The van der Waals surface area contributed by atoms with Gasteiger partial charge in [-0.1, -0.05) is 28.8 Å². The summed E-state index contributed by atoms with van der Waals surface area (Å²) in [6, 6.07) is 7.74. The van der Waals surface area contributed by atoms with Crippen molar-refractivity contribution in [2.45, 2.75) is 64.0 Å². The van der Waals surface area contributed by atoms with Crippen LogP contribution < -0.4 is 10.6 Å². The number of nitrogens with two attached hydrogens (primary N) is 1. The zero-order valence-electron chi connectivity index (χ0n) is 13.0. The van der Waals surface area contributed by atoms with Gasteiger partial charge in [0.1, 0.15) is 0 Å². The van der Waals surface area contributed by atoms with Crippen LogP contribution in [0.25, 0.3) is 0 Å². The van der Waals surface area contributed by atoms with Gasteiger partial charge >= 0.3 is 0 Å². The van der Waals surface area contributed by atoms with Crippen LogP contribution in [0, 0.1) is 5.92 Å². The maximum Gasteiger partial charge on any atom is 0.0402 e. The van der Waals surface area contributed by atoms with Gasteiger partial charge in [0.05, 0.1) is 0 Å². The summed E-state index contributed by atoms with van der Waals surface area (Å²) in [4.78, 5) is 2.71. The molecular weight excluding hydrogens is 324 g/mol. The number of hydrogen-bond donors (Lipinski definition) is 1. The number of hydrogen-bond acceptors (Lipinski definition) is 2. The van der Waals surface area contributed by atoms with Crippen molar-refractivity contribution in [2.75, 3.05) is 11.4 Å². The predicted octanol–water partition coefficient (Wildman–Crippen LogP) is 4.50. The van der Waals surface area contributed by atoms with Gasteiger partial charge in [-0.2, -0.15) is 0 Å². The van der Waals surface area contributed by atoms with Gasteiger partial charge in [-0.3, -0.25) is 0 Å². The fraction of sp³-hybridized carbons (Fsp3) is 0.667. The molecule has 21 heavy (non-hydrogen) atoms. The Hall–Kier alpha value is -0.540. The molecule has 1 aromatic carbocycles. The summed E-state index contributed by atoms with van der Waals surface area (Å²) in [6.45, 7) is 3.32. The molecule has 0 spiro atoms. The van der Waals surface area contributed by atoms with Gasteiger partial charge < -0.3 is 10.6 Å². The van der Waals surface area contributed by atoms with E-state index in [-0.39, 0.29) is 6.04 Å². The van der Waals surface area contributed by atoms with Crippen LogP contribution in [-0.4, -0.2) is 18.6 Å². The van der Waals surface area contributed by atoms with Crippen molar-refractivity contribution in [3.63, 3.8) is 0 Å². The first kappa shape index (κ1) is 15.4. The lowest BCUT2D eigenvalue weighted by Gasteiger charge is -2.46. The summed E-state index contributed by atoms with van der Waals surface area (Å²) in [5.41, 5.74) is 8.92. The van der Waals surface area contributed by atoms with Crippen molar-refractivity contribution in [1.82, 2.24) is 0 Å². The van der Waals surface area contributed by atoms with E-state index in [1.807, 2.05) is 0 Å². The third-order valence-electron chi connectivity index (χ3n) is 5.14. The molecule has 3 heteroatoms. The van der Waals surface area contributed by atoms with Crippen LogP contribution >= 0.6 is 15.9 Å². The summed E-state index contributed by atoms with van der Waals surface area (Å²) in [7, 11) is 0. The van der Waals surface area contributed by atoms with E-state index in [2.05, 4.69) is 46.0 Å². The smallest absolute Gasteiger partial charge is 0.0402 e. The molecule has 3 rings (SSSR count). The van der Waals surface area contributed by atoms with Gasteiger partial charge in [0.25, 0.3) is 0 Å². The van der Waals surface area contributed by atoms with Crippen LogP contribution in [0.4, 0.5) is 5.69 Å². The monoisotopic (exact) mass is 350 g/mol. The van der Waals surface area contributed by atoms with E-state index in [9.17, 15) is 0 Å². The van der Waals surface area contributed by atoms with Crippen LogP contribution in [0.5, 0.6) is 0 Å². The normalized spacial score (nSPS) is 27.3. The third kappa shape index (κ3) is 3.45. The maximum absolute atomic E-state index is 6.07. The molecule has 1 aliphatic carbocycles. The van der Waals surface area contributed by atoms with E-state index in [1.165, 1.54) is 60.8 Å². The van der Waals surface area contributed by atoms with Gasteiger partial charge in [0, 0.05) is 28.8 Å². The zero-order valence-corrected chi connectivity index (χ0v) is 14.6. The average molecular weight is 351 g/mol. The Kier molecular flexibility index (Phi) is 4.90. The zero-order chi connectivity index (χ0) is 14.8. The highest BCUT2D eigenvalue weighted by atomic mass is 79.9. The first-order valence-corrected chi connectivity index (χ1v) is 9.25. The molecule has 0 radical (unpaired) electrons. The SMILES string of the molecule is CC(N)Cc1cc(Br)ccc1N1CCC[C@H]2CCCC[C@H]21. The fourth-order valence-corrected chi connectivity index (χ4v) is 4.68. The van der Waals surface area contributed by atoms with Crippen LogP contribution in [0.15, 0.2) is 22.7 Å². The Bertz CT molecular complexity index is 484. The van der Waals surface area contributed by atoms with Crippen molar-refractivity contribution in [1.29, 1.82) is 0 Å². The molecule has 1 saturated heterocycles. The second-order valence-corrected chi connectivity index (χ2v) is 7.82. The average Bonchev–Trinajstić information content (AvgIpc) is 2.46. The highest BCUT2D eigenvalue weighted by Crippen LogP contribution is 2.39. The molecule has 2 N–H and O–H groups in total. The van der Waals surface area contributed by atoms with E-state index in [4.69, 9.17) is 5.73 Å². The van der Waals surface area contributed by atoms with Gasteiger partial charge in [0.2, 0.25) is 0 Å². The van der Waals surface area contributed by atoms with Crippen molar-refractivity contribution < 1.29 is 0 Å². The summed E-state index contributed by atoms with van der Waals surface area (Å²) < 4.78 is 1.17. The molecule has 2 aliphatic rings. The lowest BCUT2D eigenvalue weighted by molar-refractivity contribution is 0.243. The number of halogens is 1. The summed E-state index contributed by atoms with van der Waals surface area (Å²) >= 11 is 3.62. The summed E-state index contributed by atoms with van der Waals surface area (Å²) in [5, 5.41) is 0. The number of benzene rings is 1. The molecule has 1 aromatic rings. The molecule has 1 aliphatic heterocycles. The quantitative estimate of drug-likeness (QED) is 0.869. The van der Waals surface area contributed by atoms with Crippen molar-refractivity contribution >= 4 is 21.6 Å². The van der Waals surface area contributed by atoms with Crippen LogP contribution in [0.2, 0.25) is 0 Å². The number of piperidine rings is 1. The molecule has 0 aromatic heterocycles. The van der Waals surface area contributed by atoms with Gasteiger partial charge in [-0.05, 0) is 68.7 Å². The van der Waals surface area contributed by atoms with Gasteiger partial charge in [-0.15, -0.1) is 0 Å². The number of fused-ring (bicyclic) bond motifs is 1. The van der Waals surface area contributed by atoms with E-state index >= 15 is 0 Å². The summed E-state index contributed by atoms with van der Waals surface area (Å²) in [5.74, 6) is 0.916. The molecule has 3 atom stereocenters. The Labute approximate surface area is 137 Å². The van der Waals surface area contributed by atoms with Gasteiger partial charge in [0.15, 0.2) is 0 Å². The fourth-order valence-electron chi connectivity index (χ4n) is 4.27. The molecule has 1 unspecified atom stereocenters. The number of anilines is 1. The van der Waals surface area contributed by atoms with E-state index in [0.29, 0.717) is 0 Å². The van der Waals surface area contributed by atoms with E-state index < -0.39 is 0 Å². The van der Waals surface area contributed by atoms with Crippen LogP contribution in [0.3, 0.4) is 0 Å². The first-order valence-electron chi connectivity index (χ1n) is 8.46. The van der Waals surface area contributed by atoms with Crippen molar-refractivity contribution in [3.05, 3.63) is 28.2 Å². The standard InChI is InChI=1S/C18H27BrN2/c1-13(20)11-15-12-16(19)8-9-18(15)21-10-4-6-14-5-2-3-7-17(14)21/h8-9,12-14,17H,2-7,10-11,20H2,1H3/t13?,14-,17-/m1/s1. The Morgan fingerprint density at radius 2 is 2.00 bits per heavy atom. The molecule has 0 bridgehead atoms. The molecule has 2 nitrogen and oxygen atoms in total. The highest BCUT2D eigenvalue weighted by Gasteiger charge is 2.34. The Morgan fingerprint density at radius 3 is 2.81 bits per heavy atom. The maximum atomic E-state index is 6.07. The van der Waals surface area contributed by atoms with Gasteiger partial charge in [-0.25, -0.2) is 0 Å². The second kappa shape index (κ2) is 6.70. The minimum Gasteiger partial charge on any atom is -0.368 e. The van der Waals surface area contributed by atoms with E-state index in [1.54, 1.807) is 0 Å². The minimum absolute atomic E-state index is 0.213. The topological polar surface area (TPSA) is 29.3 Å². The number of rotatable bonds is 3. The Morgan fingerprint density at radius 1 is 1.24 bits per heavy atom. The number of nitrogens with zero attached hydrogens (tertiary/aromatic N) is 1.